The van der Waals surface area contributed by atoms with Gasteiger partial charge < -0.3 is 10.1 Å². The van der Waals surface area contributed by atoms with E-state index in [1.807, 2.05) is 18.3 Å². The number of nitrogens with zero attached hydrogens (tertiary/aromatic N) is 4. The Labute approximate surface area is 178 Å². The fourth-order valence-corrected chi connectivity index (χ4v) is 3.02. The van der Waals surface area contributed by atoms with Gasteiger partial charge in [-0.25, -0.2) is 4.68 Å². The Morgan fingerprint density at radius 3 is 2.57 bits per heavy atom. The van der Waals surface area contributed by atoms with Crippen LogP contribution in [0.1, 0.15) is 21.6 Å². The Morgan fingerprint density at radius 1 is 1.00 bits per heavy atom. The zero-order valence-corrected chi connectivity index (χ0v) is 17.1. The van der Waals surface area contributed by atoms with E-state index in [0.717, 1.165) is 5.56 Å². The lowest BCUT2D eigenvalue weighted by atomic mass is 10.1. The molecule has 0 aliphatic heterocycles. The molecule has 30 heavy (non-hydrogen) atoms. The van der Waals surface area contributed by atoms with Crippen LogP contribution in [0.2, 0.25) is 5.02 Å². The molecule has 4 rings (SSSR count). The van der Waals surface area contributed by atoms with Crippen molar-refractivity contribution >= 4 is 23.3 Å². The van der Waals surface area contributed by atoms with E-state index in [0.29, 0.717) is 23.1 Å². The van der Waals surface area contributed by atoms with E-state index < -0.39 is 0 Å². The number of hydrogen-bond acceptors (Lipinski definition) is 4. The molecule has 0 aliphatic carbocycles. The second-order valence-electron chi connectivity index (χ2n) is 6.78. The molecule has 1 N–H and O–H groups in total. The third-order valence-corrected chi connectivity index (χ3v) is 4.72. The normalized spacial score (nSPS) is 10.7. The number of para-hydroxylation sites is 1. The summed E-state index contributed by atoms with van der Waals surface area (Å²) in [5, 5.41) is 11.9. The number of aryl methyl sites for hydroxylation is 1. The molecular weight excluding hydrogens is 402 g/mol. The van der Waals surface area contributed by atoms with Crippen LogP contribution in [0.15, 0.2) is 73.1 Å². The van der Waals surface area contributed by atoms with E-state index in [4.69, 9.17) is 16.3 Å². The van der Waals surface area contributed by atoms with Gasteiger partial charge in [-0.3, -0.25) is 9.48 Å². The van der Waals surface area contributed by atoms with Crippen LogP contribution < -0.4 is 10.1 Å². The lowest BCUT2D eigenvalue weighted by molar-refractivity contribution is 0.101. The number of carbonyl (C=O) groups excluding carboxylic acids is 1. The molecule has 0 bridgehead atoms. The Morgan fingerprint density at radius 2 is 1.77 bits per heavy atom. The average Bonchev–Trinajstić information content (AvgIpc) is 3.39. The number of carbonyl (C=O) groups is 1. The van der Waals surface area contributed by atoms with Crippen LogP contribution in [-0.4, -0.2) is 25.5 Å². The van der Waals surface area contributed by atoms with Crippen LogP contribution in [0.25, 0.3) is 0 Å². The first-order chi connectivity index (χ1) is 14.6. The van der Waals surface area contributed by atoms with E-state index in [1.165, 1.54) is 10.2 Å². The predicted octanol–water partition coefficient (Wildman–Crippen LogP) is 4.38. The highest BCUT2D eigenvalue weighted by molar-refractivity contribution is 6.32. The Kier molecular flexibility index (Phi) is 5.81. The van der Waals surface area contributed by atoms with Gasteiger partial charge in [-0.1, -0.05) is 53.6 Å². The molecular formula is C22H20ClN5O2. The lowest BCUT2D eigenvalue weighted by Crippen LogP contribution is -2.15. The van der Waals surface area contributed by atoms with Crippen molar-refractivity contribution < 1.29 is 9.53 Å². The molecule has 152 valence electrons. The molecule has 1 amide bonds. The highest BCUT2D eigenvalue weighted by Crippen LogP contribution is 2.23. The summed E-state index contributed by atoms with van der Waals surface area (Å²) < 4.78 is 8.92. The van der Waals surface area contributed by atoms with Crippen molar-refractivity contribution in [1.29, 1.82) is 0 Å². The van der Waals surface area contributed by atoms with Crippen molar-refractivity contribution in [2.75, 3.05) is 5.32 Å². The molecule has 2 aromatic heterocycles. The number of ether oxygens (including phenoxy) is 1. The first-order valence-corrected chi connectivity index (χ1v) is 9.76. The van der Waals surface area contributed by atoms with E-state index >= 15 is 0 Å². The molecule has 0 atom stereocenters. The molecule has 2 aromatic carbocycles. The number of hydrogen-bond donors (Lipinski definition) is 1. The molecule has 0 saturated carbocycles. The van der Waals surface area contributed by atoms with Crippen molar-refractivity contribution in [3.8, 4) is 5.75 Å². The topological polar surface area (TPSA) is 74.0 Å². The van der Waals surface area contributed by atoms with Gasteiger partial charge in [0, 0.05) is 18.5 Å². The van der Waals surface area contributed by atoms with Gasteiger partial charge in [0.05, 0.1) is 11.6 Å². The van der Waals surface area contributed by atoms with Gasteiger partial charge >= 0.3 is 0 Å². The highest BCUT2D eigenvalue weighted by Gasteiger charge is 2.12. The number of halogens is 1. The summed E-state index contributed by atoms with van der Waals surface area (Å²) in [7, 11) is 0. The molecule has 0 aliphatic rings. The van der Waals surface area contributed by atoms with E-state index in [2.05, 4.69) is 46.7 Å². The number of amides is 1. The second kappa shape index (κ2) is 8.84. The maximum absolute atomic E-state index is 12.5. The summed E-state index contributed by atoms with van der Waals surface area (Å²) in [6.07, 6.45) is 3.49. The maximum atomic E-state index is 12.5. The monoisotopic (exact) mass is 421 g/mol. The summed E-state index contributed by atoms with van der Waals surface area (Å²) in [6.45, 7) is 2.82. The Hall–Kier alpha value is -3.58. The van der Waals surface area contributed by atoms with Crippen LogP contribution in [0, 0.1) is 6.92 Å². The van der Waals surface area contributed by atoms with E-state index in [-0.39, 0.29) is 18.3 Å². The number of benzene rings is 2. The minimum atomic E-state index is -0.341. The molecule has 0 saturated heterocycles. The molecule has 4 aromatic rings. The number of anilines is 1. The summed E-state index contributed by atoms with van der Waals surface area (Å²) in [5.41, 5.74) is 2.62. The van der Waals surface area contributed by atoms with Crippen molar-refractivity contribution in [2.45, 2.75) is 20.2 Å². The average molecular weight is 422 g/mol. The predicted molar refractivity (Wildman–Crippen MR) is 115 cm³/mol. The third-order valence-electron chi connectivity index (χ3n) is 4.41. The van der Waals surface area contributed by atoms with Gasteiger partial charge in [0.15, 0.2) is 18.2 Å². The second-order valence-corrected chi connectivity index (χ2v) is 7.19. The Bertz CT molecular complexity index is 1150. The van der Waals surface area contributed by atoms with Crippen LogP contribution in [0.3, 0.4) is 0 Å². The highest BCUT2D eigenvalue weighted by atomic mass is 35.5. The molecule has 8 heteroatoms. The minimum Gasteiger partial charge on any atom is -0.470 e. The molecule has 0 radical (unpaired) electrons. The first-order valence-electron chi connectivity index (χ1n) is 9.38. The molecule has 7 nitrogen and oxygen atoms in total. The summed E-state index contributed by atoms with van der Waals surface area (Å²) in [6, 6.07) is 18.8. The van der Waals surface area contributed by atoms with Gasteiger partial charge in [0.2, 0.25) is 0 Å². The van der Waals surface area contributed by atoms with Gasteiger partial charge in [0.25, 0.3) is 5.91 Å². The van der Waals surface area contributed by atoms with Gasteiger partial charge in [0.1, 0.15) is 5.75 Å². The van der Waals surface area contributed by atoms with Crippen molar-refractivity contribution in [3.05, 3.63) is 94.9 Å². The molecule has 0 fully saturated rings. The quantitative estimate of drug-likeness (QED) is 0.480. The minimum absolute atomic E-state index is 0.141. The van der Waals surface area contributed by atoms with Gasteiger partial charge in [-0.2, -0.15) is 10.2 Å². The molecule has 2 heterocycles. The summed E-state index contributed by atoms with van der Waals surface area (Å²) in [5.74, 6) is 0.681. The fourth-order valence-electron chi connectivity index (χ4n) is 2.83. The fraction of sp³-hybridized carbons (Fsp3) is 0.136. The molecule has 0 spiro atoms. The first kappa shape index (κ1) is 19.7. The van der Waals surface area contributed by atoms with Gasteiger partial charge in [-0.15, -0.1) is 0 Å². The SMILES string of the molecule is Cc1ccc(Cn2ccc(NC(=O)c3ccn(COc4ccccc4Cl)n3)n2)cc1. The van der Waals surface area contributed by atoms with Crippen LogP contribution in [0.4, 0.5) is 5.82 Å². The summed E-state index contributed by atoms with van der Waals surface area (Å²) >= 11 is 6.07. The number of nitrogens with one attached hydrogen (secondary N) is 1. The van der Waals surface area contributed by atoms with Crippen molar-refractivity contribution in [2.24, 2.45) is 0 Å². The largest absolute Gasteiger partial charge is 0.470 e. The standard InChI is InChI=1S/C22H20ClN5O2/c1-16-6-8-17(9-7-16)14-27-13-11-21(26-27)24-22(29)19-10-12-28(25-19)15-30-20-5-3-2-4-18(20)23/h2-13H,14-15H2,1H3,(H,24,26,29). The van der Waals surface area contributed by atoms with Crippen molar-refractivity contribution in [1.82, 2.24) is 19.6 Å². The van der Waals surface area contributed by atoms with E-state index in [1.54, 1.807) is 35.1 Å². The van der Waals surface area contributed by atoms with E-state index in [9.17, 15) is 4.79 Å². The van der Waals surface area contributed by atoms with Crippen molar-refractivity contribution in [3.63, 3.8) is 0 Å². The van der Waals surface area contributed by atoms with Gasteiger partial charge in [-0.05, 0) is 30.7 Å². The number of aromatic nitrogens is 4. The maximum Gasteiger partial charge on any atom is 0.277 e. The zero-order chi connectivity index (χ0) is 20.9. The lowest BCUT2D eigenvalue weighted by Gasteiger charge is -2.07. The van der Waals surface area contributed by atoms with Crippen LogP contribution in [-0.2, 0) is 13.3 Å². The van der Waals surface area contributed by atoms with Crippen LogP contribution >= 0.6 is 11.6 Å². The zero-order valence-electron chi connectivity index (χ0n) is 16.3. The Balaban J connectivity index is 1.34. The number of rotatable bonds is 7. The van der Waals surface area contributed by atoms with Crippen LogP contribution in [0.5, 0.6) is 5.75 Å². The smallest absolute Gasteiger partial charge is 0.277 e. The molecule has 0 unspecified atom stereocenters. The summed E-state index contributed by atoms with van der Waals surface area (Å²) in [4.78, 5) is 12.5. The third kappa shape index (κ3) is 4.87.